The predicted octanol–water partition coefficient (Wildman–Crippen LogP) is 1.08. The van der Waals surface area contributed by atoms with Crippen LogP contribution in [0.2, 0.25) is 0 Å². The average molecular weight is 262 g/mol. The predicted molar refractivity (Wildman–Crippen MR) is 70.6 cm³/mol. The number of carbonyl (C=O) groups is 2. The van der Waals surface area contributed by atoms with Crippen LogP contribution in [0, 0.1) is 5.92 Å². The molecule has 0 saturated heterocycles. The van der Waals surface area contributed by atoms with E-state index in [9.17, 15) is 9.59 Å². The molecule has 5 nitrogen and oxygen atoms in total. The maximum Gasteiger partial charge on any atom is 0.317 e. The number of carboxylic acids is 1. The minimum absolute atomic E-state index is 0.0497. The molecule has 1 aromatic carbocycles. The number of amides is 1. The third-order valence-electron chi connectivity index (χ3n) is 3.22. The van der Waals surface area contributed by atoms with Gasteiger partial charge in [0.15, 0.2) is 0 Å². The maximum atomic E-state index is 11.0. The SMILES string of the molecule is NC(=O)c1ccc(CN(CC(=O)O)CC2CC2)cc1. The summed E-state index contributed by atoms with van der Waals surface area (Å²) in [4.78, 5) is 23.7. The van der Waals surface area contributed by atoms with E-state index in [1.165, 1.54) is 12.8 Å². The number of hydrogen-bond donors (Lipinski definition) is 2. The minimum atomic E-state index is -0.811. The van der Waals surface area contributed by atoms with Gasteiger partial charge in [-0.2, -0.15) is 0 Å². The first-order valence-corrected chi connectivity index (χ1v) is 6.37. The zero-order valence-electron chi connectivity index (χ0n) is 10.7. The number of aliphatic carboxylic acids is 1. The summed E-state index contributed by atoms with van der Waals surface area (Å²) in [5, 5.41) is 8.91. The molecule has 1 saturated carbocycles. The zero-order valence-corrected chi connectivity index (χ0v) is 10.7. The van der Waals surface area contributed by atoms with Crippen molar-refractivity contribution in [2.45, 2.75) is 19.4 Å². The third kappa shape index (κ3) is 4.37. The number of hydrogen-bond acceptors (Lipinski definition) is 3. The fraction of sp³-hybridized carbons (Fsp3) is 0.429. The Morgan fingerprint density at radius 1 is 1.26 bits per heavy atom. The van der Waals surface area contributed by atoms with Crippen LogP contribution in [0.1, 0.15) is 28.8 Å². The molecule has 1 fully saturated rings. The number of carbonyl (C=O) groups excluding carboxylic acids is 1. The molecule has 5 heteroatoms. The molecule has 1 aromatic rings. The molecule has 1 aliphatic rings. The Morgan fingerprint density at radius 3 is 2.37 bits per heavy atom. The first-order valence-electron chi connectivity index (χ1n) is 6.37. The minimum Gasteiger partial charge on any atom is -0.480 e. The van der Waals surface area contributed by atoms with Crippen molar-refractivity contribution in [3.8, 4) is 0 Å². The molecule has 0 unspecified atom stereocenters. The van der Waals surface area contributed by atoms with Crippen molar-refractivity contribution in [3.63, 3.8) is 0 Å². The number of primary amides is 1. The first kappa shape index (κ1) is 13.5. The monoisotopic (exact) mass is 262 g/mol. The highest BCUT2D eigenvalue weighted by Gasteiger charge is 2.25. The molecule has 19 heavy (non-hydrogen) atoms. The lowest BCUT2D eigenvalue weighted by molar-refractivity contribution is -0.138. The van der Waals surface area contributed by atoms with Gasteiger partial charge in [0.1, 0.15) is 0 Å². The van der Waals surface area contributed by atoms with Crippen LogP contribution >= 0.6 is 0 Å². The zero-order chi connectivity index (χ0) is 13.8. The van der Waals surface area contributed by atoms with Gasteiger partial charge in [0.05, 0.1) is 6.54 Å². The topological polar surface area (TPSA) is 83.6 Å². The summed E-state index contributed by atoms with van der Waals surface area (Å²) < 4.78 is 0. The van der Waals surface area contributed by atoms with Gasteiger partial charge in [0, 0.05) is 18.7 Å². The summed E-state index contributed by atoms with van der Waals surface area (Å²) in [6.45, 7) is 1.46. The molecular formula is C14H18N2O3. The van der Waals surface area contributed by atoms with Crippen molar-refractivity contribution >= 4 is 11.9 Å². The van der Waals surface area contributed by atoms with Gasteiger partial charge in [0.2, 0.25) is 5.91 Å². The van der Waals surface area contributed by atoms with Crippen LogP contribution in [0.25, 0.3) is 0 Å². The third-order valence-corrected chi connectivity index (χ3v) is 3.22. The molecule has 3 N–H and O–H groups in total. The van der Waals surface area contributed by atoms with Gasteiger partial charge in [0.25, 0.3) is 0 Å². The van der Waals surface area contributed by atoms with E-state index in [2.05, 4.69) is 0 Å². The van der Waals surface area contributed by atoms with E-state index in [1.807, 2.05) is 17.0 Å². The van der Waals surface area contributed by atoms with Crippen LogP contribution in [0.4, 0.5) is 0 Å². The highest BCUT2D eigenvalue weighted by atomic mass is 16.4. The number of benzene rings is 1. The molecule has 2 rings (SSSR count). The van der Waals surface area contributed by atoms with Gasteiger partial charge in [-0.1, -0.05) is 12.1 Å². The van der Waals surface area contributed by atoms with Crippen molar-refractivity contribution in [2.75, 3.05) is 13.1 Å². The fourth-order valence-corrected chi connectivity index (χ4v) is 2.07. The van der Waals surface area contributed by atoms with E-state index in [-0.39, 0.29) is 6.54 Å². The van der Waals surface area contributed by atoms with Crippen LogP contribution in [-0.2, 0) is 11.3 Å². The van der Waals surface area contributed by atoms with E-state index in [0.29, 0.717) is 18.0 Å². The second-order valence-corrected chi connectivity index (χ2v) is 5.07. The molecule has 0 heterocycles. The van der Waals surface area contributed by atoms with E-state index >= 15 is 0 Å². The lowest BCUT2D eigenvalue weighted by Crippen LogP contribution is -2.31. The second kappa shape index (κ2) is 5.84. The molecule has 1 aliphatic carbocycles. The van der Waals surface area contributed by atoms with Crippen LogP contribution in [0.5, 0.6) is 0 Å². The number of nitrogens with zero attached hydrogens (tertiary/aromatic N) is 1. The summed E-state index contributed by atoms with van der Waals surface area (Å²) in [5.41, 5.74) is 6.64. The number of rotatable bonds is 7. The highest BCUT2D eigenvalue weighted by molar-refractivity contribution is 5.92. The second-order valence-electron chi connectivity index (χ2n) is 5.07. The smallest absolute Gasteiger partial charge is 0.317 e. The van der Waals surface area contributed by atoms with Gasteiger partial charge in [-0.3, -0.25) is 14.5 Å². The normalized spacial score (nSPS) is 14.6. The molecule has 0 aliphatic heterocycles. The molecule has 0 radical (unpaired) electrons. The van der Waals surface area contributed by atoms with Crippen LogP contribution in [-0.4, -0.2) is 35.0 Å². The Labute approximate surface area is 112 Å². The quantitative estimate of drug-likeness (QED) is 0.770. The summed E-state index contributed by atoms with van der Waals surface area (Å²) in [7, 11) is 0. The molecule has 0 bridgehead atoms. The van der Waals surface area contributed by atoms with Crippen LogP contribution in [0.3, 0.4) is 0 Å². The van der Waals surface area contributed by atoms with Crippen molar-refractivity contribution in [2.24, 2.45) is 11.7 Å². The molecule has 1 amide bonds. The Bertz CT molecular complexity index is 466. The number of carboxylic acid groups (broad SMARTS) is 1. The molecular weight excluding hydrogens is 244 g/mol. The Balaban J connectivity index is 1.98. The van der Waals surface area contributed by atoms with Gasteiger partial charge >= 0.3 is 5.97 Å². The van der Waals surface area contributed by atoms with Gasteiger partial charge < -0.3 is 10.8 Å². The van der Waals surface area contributed by atoms with Gasteiger partial charge in [-0.15, -0.1) is 0 Å². The van der Waals surface area contributed by atoms with E-state index < -0.39 is 11.9 Å². The van der Waals surface area contributed by atoms with E-state index in [1.54, 1.807) is 12.1 Å². The van der Waals surface area contributed by atoms with Crippen molar-refractivity contribution in [1.82, 2.24) is 4.90 Å². The van der Waals surface area contributed by atoms with E-state index in [4.69, 9.17) is 10.8 Å². The Hall–Kier alpha value is -1.88. The fourth-order valence-electron chi connectivity index (χ4n) is 2.07. The molecule has 0 atom stereocenters. The van der Waals surface area contributed by atoms with Crippen molar-refractivity contribution in [1.29, 1.82) is 0 Å². The van der Waals surface area contributed by atoms with Crippen molar-refractivity contribution in [3.05, 3.63) is 35.4 Å². The van der Waals surface area contributed by atoms with Crippen LogP contribution < -0.4 is 5.73 Å². The average Bonchev–Trinajstić information content (AvgIpc) is 3.12. The first-order chi connectivity index (χ1) is 9.04. The molecule has 102 valence electrons. The standard InChI is InChI=1S/C14H18N2O3/c15-14(19)12-5-3-11(4-6-12)8-16(9-13(17)18)7-10-1-2-10/h3-6,10H,1-2,7-9H2,(H2,15,19)(H,17,18). The summed E-state index contributed by atoms with van der Waals surface area (Å²) in [5.74, 6) is -0.620. The maximum absolute atomic E-state index is 11.0. The Kier molecular flexibility index (Phi) is 4.16. The summed E-state index contributed by atoms with van der Waals surface area (Å²) in [6.07, 6.45) is 2.38. The highest BCUT2D eigenvalue weighted by Crippen LogP contribution is 2.30. The molecule has 0 aromatic heterocycles. The van der Waals surface area contributed by atoms with Crippen LogP contribution in [0.15, 0.2) is 24.3 Å². The summed E-state index contributed by atoms with van der Waals surface area (Å²) >= 11 is 0. The van der Waals surface area contributed by atoms with Gasteiger partial charge in [-0.25, -0.2) is 0 Å². The largest absolute Gasteiger partial charge is 0.480 e. The van der Waals surface area contributed by atoms with Gasteiger partial charge in [-0.05, 0) is 36.5 Å². The summed E-state index contributed by atoms with van der Waals surface area (Å²) in [6, 6.07) is 6.99. The van der Waals surface area contributed by atoms with E-state index in [0.717, 1.165) is 12.1 Å². The number of nitrogens with two attached hydrogens (primary N) is 1. The lowest BCUT2D eigenvalue weighted by Gasteiger charge is -2.20. The molecule has 0 spiro atoms. The lowest BCUT2D eigenvalue weighted by atomic mass is 10.1. The van der Waals surface area contributed by atoms with Crippen molar-refractivity contribution < 1.29 is 14.7 Å². The Morgan fingerprint density at radius 2 is 1.89 bits per heavy atom.